The van der Waals surface area contributed by atoms with E-state index >= 15 is 0 Å². The molecule has 1 fully saturated rings. The summed E-state index contributed by atoms with van der Waals surface area (Å²) in [5, 5.41) is 0. The zero-order valence-corrected chi connectivity index (χ0v) is 19.7. The van der Waals surface area contributed by atoms with Gasteiger partial charge in [0, 0.05) is 0 Å². The van der Waals surface area contributed by atoms with Gasteiger partial charge in [0.15, 0.2) is 0 Å². The van der Waals surface area contributed by atoms with Crippen molar-refractivity contribution in [2.75, 3.05) is 7.11 Å². The molecule has 1 saturated carbocycles. The van der Waals surface area contributed by atoms with E-state index in [-0.39, 0.29) is 15.8 Å². The van der Waals surface area contributed by atoms with E-state index in [1.54, 1.807) is 7.11 Å². The van der Waals surface area contributed by atoms with Crippen LogP contribution in [0.4, 0.5) is 0 Å². The molecule has 1 atom stereocenters. The van der Waals surface area contributed by atoms with Crippen molar-refractivity contribution in [2.24, 2.45) is 0 Å². The molecule has 4 rings (SSSR count). The van der Waals surface area contributed by atoms with Gasteiger partial charge in [-0.05, 0) is 0 Å². The van der Waals surface area contributed by atoms with Crippen molar-refractivity contribution in [2.45, 2.75) is 82.8 Å². The molecular formula is C24H33AsN2O. The van der Waals surface area contributed by atoms with E-state index < -0.39 is 0 Å². The molecule has 0 amide bonds. The van der Waals surface area contributed by atoms with Crippen LogP contribution in [-0.4, -0.2) is 32.8 Å². The van der Waals surface area contributed by atoms with Crippen molar-refractivity contribution >= 4 is 20.2 Å². The first-order valence-corrected chi connectivity index (χ1v) is 13.4. The summed E-state index contributed by atoms with van der Waals surface area (Å²) in [6.07, 6.45) is 12.5. The third-order valence-corrected chi connectivity index (χ3v) is 9.81. The number of rotatable bonds is 6. The molecule has 3 nitrogen and oxygen atoms in total. The number of ether oxygens (including phenoxy) is 1. The minimum atomic E-state index is -0.191. The summed E-state index contributed by atoms with van der Waals surface area (Å²) in [6.45, 7) is 4.44. The molecule has 0 aliphatic heterocycles. The zero-order valence-electron chi connectivity index (χ0n) is 17.6. The van der Waals surface area contributed by atoms with E-state index in [0.717, 1.165) is 40.2 Å². The van der Waals surface area contributed by atoms with Crippen LogP contribution in [0.25, 0.3) is 11.3 Å². The number of aryl methyl sites for hydroxylation is 4. The van der Waals surface area contributed by atoms with Crippen LogP contribution in [0.5, 0.6) is 5.75 Å². The van der Waals surface area contributed by atoms with Crippen molar-refractivity contribution in [1.82, 2.24) is 9.97 Å². The predicted octanol–water partition coefficient (Wildman–Crippen LogP) is 4.58. The Morgan fingerprint density at radius 1 is 0.929 bits per heavy atom. The van der Waals surface area contributed by atoms with Gasteiger partial charge < -0.3 is 0 Å². The van der Waals surface area contributed by atoms with Crippen LogP contribution in [0, 0.1) is 0 Å². The van der Waals surface area contributed by atoms with Crippen LogP contribution in [0.3, 0.4) is 0 Å². The molecule has 0 radical (unpaired) electrons. The van der Waals surface area contributed by atoms with Gasteiger partial charge in [-0.25, -0.2) is 0 Å². The molecule has 1 aromatic heterocycles. The summed E-state index contributed by atoms with van der Waals surface area (Å²) >= 11 is -0.191. The van der Waals surface area contributed by atoms with E-state index in [0.29, 0.717) is 0 Å². The Labute approximate surface area is 176 Å². The number of aromatic nitrogens is 2. The van der Waals surface area contributed by atoms with Crippen LogP contribution < -0.4 is 9.22 Å². The molecule has 150 valence electrons. The summed E-state index contributed by atoms with van der Waals surface area (Å²) in [7, 11) is 1.79. The van der Waals surface area contributed by atoms with E-state index in [1.807, 2.05) is 0 Å². The van der Waals surface area contributed by atoms with Gasteiger partial charge in [0.25, 0.3) is 0 Å². The predicted molar refractivity (Wildman–Crippen MR) is 118 cm³/mol. The Morgan fingerprint density at radius 2 is 1.61 bits per heavy atom. The van der Waals surface area contributed by atoms with Crippen LogP contribution in [-0.2, 0) is 25.7 Å². The molecule has 1 unspecified atom stereocenters. The Balaban J connectivity index is 1.78. The first kappa shape index (κ1) is 20.0. The maximum atomic E-state index is 5.82. The molecule has 1 aromatic carbocycles. The van der Waals surface area contributed by atoms with Crippen molar-refractivity contribution in [3.05, 3.63) is 34.6 Å². The van der Waals surface area contributed by atoms with Gasteiger partial charge in [0.1, 0.15) is 0 Å². The third kappa shape index (κ3) is 4.01. The van der Waals surface area contributed by atoms with Gasteiger partial charge in [0.05, 0.1) is 0 Å². The Bertz CT molecular complexity index is 843. The second-order valence-corrected chi connectivity index (χ2v) is 11.5. The van der Waals surface area contributed by atoms with Crippen molar-refractivity contribution in [3.8, 4) is 17.0 Å². The quantitative estimate of drug-likeness (QED) is 0.617. The van der Waals surface area contributed by atoms with Crippen molar-refractivity contribution in [3.63, 3.8) is 0 Å². The van der Waals surface area contributed by atoms with Crippen LogP contribution in [0.2, 0.25) is 4.71 Å². The molecule has 0 N–H and O–H groups in total. The molecule has 2 aliphatic carbocycles. The number of hydrogen-bond acceptors (Lipinski definition) is 3. The fourth-order valence-electron chi connectivity index (χ4n) is 4.71. The van der Waals surface area contributed by atoms with E-state index in [1.165, 1.54) is 72.7 Å². The summed E-state index contributed by atoms with van der Waals surface area (Å²) in [5.41, 5.74) is 7.54. The SMILES string of the molecule is CCc1nc(-c2cc3c(cc2OC)CCCC3)c(CC)nc1[AsH]C1CCCC1. The van der Waals surface area contributed by atoms with Crippen molar-refractivity contribution in [1.29, 1.82) is 0 Å². The number of hydrogen-bond donors (Lipinski definition) is 0. The first-order valence-electron chi connectivity index (χ1n) is 11.1. The molecule has 0 bridgehead atoms. The van der Waals surface area contributed by atoms with Gasteiger partial charge in [-0.1, -0.05) is 0 Å². The monoisotopic (exact) mass is 440 g/mol. The van der Waals surface area contributed by atoms with E-state index in [4.69, 9.17) is 14.7 Å². The minimum absolute atomic E-state index is 0.191. The normalized spacial score (nSPS) is 17.4. The fourth-order valence-corrected chi connectivity index (χ4v) is 8.24. The molecule has 2 aliphatic rings. The second-order valence-electron chi connectivity index (χ2n) is 8.18. The Morgan fingerprint density at radius 3 is 2.25 bits per heavy atom. The summed E-state index contributed by atoms with van der Waals surface area (Å²) in [5.74, 6) is 0.964. The summed E-state index contributed by atoms with van der Waals surface area (Å²) in [6, 6.07) is 4.61. The molecular weight excluding hydrogens is 407 g/mol. The average Bonchev–Trinajstić information content (AvgIpc) is 3.25. The third-order valence-electron chi connectivity index (χ3n) is 6.33. The summed E-state index contributed by atoms with van der Waals surface area (Å²) in [4.78, 5) is 10.4. The standard InChI is InChI=1S/C24H33AsN2O/c1-4-20-23(19-14-16-10-6-7-11-17(16)15-22(19)28-3)26-21(5-2)24(27-20)25-18-12-8-9-13-18/h14-15,18,25H,4-13H2,1-3H3. The fraction of sp³-hybridized carbons (Fsp3) is 0.583. The van der Waals surface area contributed by atoms with Crippen LogP contribution in [0.1, 0.15) is 74.9 Å². The van der Waals surface area contributed by atoms with Crippen molar-refractivity contribution < 1.29 is 4.74 Å². The Kier molecular flexibility index (Phi) is 6.41. The van der Waals surface area contributed by atoms with E-state index in [2.05, 4.69) is 26.0 Å². The summed E-state index contributed by atoms with van der Waals surface area (Å²) < 4.78 is 8.11. The molecule has 4 heteroatoms. The van der Waals surface area contributed by atoms with Gasteiger partial charge in [-0.3, -0.25) is 0 Å². The maximum absolute atomic E-state index is 5.82. The van der Waals surface area contributed by atoms with Crippen LogP contribution in [0.15, 0.2) is 12.1 Å². The van der Waals surface area contributed by atoms with Crippen LogP contribution >= 0.6 is 0 Å². The molecule has 0 saturated heterocycles. The van der Waals surface area contributed by atoms with Gasteiger partial charge in [-0.15, -0.1) is 0 Å². The topological polar surface area (TPSA) is 35.0 Å². The molecule has 28 heavy (non-hydrogen) atoms. The molecule has 2 aromatic rings. The molecule has 1 heterocycles. The van der Waals surface area contributed by atoms with Gasteiger partial charge >= 0.3 is 176 Å². The number of benzene rings is 1. The number of fused-ring (bicyclic) bond motifs is 1. The second kappa shape index (κ2) is 8.99. The molecule has 0 spiro atoms. The number of nitrogens with zero attached hydrogens (tertiary/aromatic N) is 2. The first-order chi connectivity index (χ1) is 13.7. The zero-order chi connectivity index (χ0) is 19.5. The van der Waals surface area contributed by atoms with Gasteiger partial charge in [0.2, 0.25) is 0 Å². The Hall–Kier alpha value is -1.34. The van der Waals surface area contributed by atoms with Gasteiger partial charge in [-0.2, -0.15) is 0 Å². The number of methoxy groups -OCH3 is 1. The van der Waals surface area contributed by atoms with E-state index in [9.17, 15) is 0 Å². The average molecular weight is 440 g/mol.